The Hall–Kier alpha value is -1.26. The predicted octanol–water partition coefficient (Wildman–Crippen LogP) is 3.24. The van der Waals surface area contributed by atoms with E-state index in [0.717, 1.165) is 5.56 Å². The van der Waals surface area contributed by atoms with Gasteiger partial charge in [0, 0.05) is 23.4 Å². The molecule has 72 valence electrons. The third kappa shape index (κ3) is 2.61. The number of hydrogen-bond donors (Lipinski definition) is 0. The zero-order valence-corrected chi connectivity index (χ0v) is 8.77. The van der Waals surface area contributed by atoms with Crippen molar-refractivity contribution in [1.29, 1.82) is 0 Å². The first kappa shape index (κ1) is 10.8. The maximum absolute atomic E-state index is 11.6. The number of terminal acetylenes is 1. The molecule has 14 heavy (non-hydrogen) atoms. The molecule has 0 aromatic heterocycles. The Morgan fingerprint density at radius 2 is 2.29 bits per heavy atom. The minimum absolute atomic E-state index is 0.0583. The number of rotatable bonds is 3. The summed E-state index contributed by atoms with van der Waals surface area (Å²) in [5.41, 5.74) is 1.61. The normalized spacial score (nSPS) is 9.50. The molecule has 1 nitrogen and oxygen atoms in total. The van der Waals surface area contributed by atoms with Gasteiger partial charge in [-0.25, -0.2) is 0 Å². The fourth-order valence-corrected chi connectivity index (χ4v) is 1.39. The van der Waals surface area contributed by atoms with E-state index in [4.69, 9.17) is 18.0 Å². The molecule has 0 saturated heterocycles. The molecule has 0 radical (unpaired) electrons. The van der Waals surface area contributed by atoms with E-state index in [9.17, 15) is 4.79 Å². The summed E-state index contributed by atoms with van der Waals surface area (Å²) in [6, 6.07) is 5.30. The lowest BCUT2D eigenvalue weighted by atomic mass is 10.0. The zero-order chi connectivity index (χ0) is 10.6. The van der Waals surface area contributed by atoms with Gasteiger partial charge >= 0.3 is 0 Å². The van der Waals surface area contributed by atoms with Crippen molar-refractivity contribution >= 4 is 17.4 Å². The van der Waals surface area contributed by atoms with Crippen molar-refractivity contribution in [3.8, 4) is 12.3 Å². The van der Waals surface area contributed by atoms with Gasteiger partial charge in [0.25, 0.3) is 0 Å². The number of carbonyl (C=O) groups excluding carboxylic acids is 1. The van der Waals surface area contributed by atoms with Gasteiger partial charge in [0.05, 0.1) is 0 Å². The SMILES string of the molecule is C#CCCC(=O)c1cc(Cl)ccc1C. The summed E-state index contributed by atoms with van der Waals surface area (Å²) in [5.74, 6) is 2.51. The van der Waals surface area contributed by atoms with Crippen molar-refractivity contribution in [2.45, 2.75) is 19.8 Å². The highest BCUT2D eigenvalue weighted by molar-refractivity contribution is 6.31. The third-order valence-electron chi connectivity index (χ3n) is 2.00. The summed E-state index contributed by atoms with van der Waals surface area (Å²) in [5, 5.41) is 0.583. The molecule has 2 heteroatoms. The molecule has 0 aliphatic carbocycles. The molecule has 0 bridgehead atoms. The highest BCUT2D eigenvalue weighted by Gasteiger charge is 2.08. The molecule has 1 aromatic carbocycles. The summed E-state index contributed by atoms with van der Waals surface area (Å²) in [7, 11) is 0. The van der Waals surface area contributed by atoms with Crippen LogP contribution in [0.3, 0.4) is 0 Å². The molecule has 0 heterocycles. The standard InChI is InChI=1S/C12H11ClO/c1-3-4-5-12(14)11-8-10(13)7-6-9(11)2/h1,6-8H,4-5H2,2H3. The molecule has 0 saturated carbocycles. The Labute approximate surface area is 89.1 Å². The smallest absolute Gasteiger partial charge is 0.164 e. The molecular weight excluding hydrogens is 196 g/mol. The van der Waals surface area contributed by atoms with Crippen LogP contribution in [-0.4, -0.2) is 5.78 Å². The highest BCUT2D eigenvalue weighted by atomic mass is 35.5. The van der Waals surface area contributed by atoms with E-state index in [0.29, 0.717) is 23.4 Å². The molecule has 0 unspecified atom stereocenters. The van der Waals surface area contributed by atoms with Gasteiger partial charge in [-0.3, -0.25) is 4.79 Å². The number of benzene rings is 1. The van der Waals surface area contributed by atoms with Crippen LogP contribution in [0.1, 0.15) is 28.8 Å². The first-order chi connectivity index (χ1) is 6.65. The van der Waals surface area contributed by atoms with Gasteiger partial charge in [-0.05, 0) is 24.6 Å². The largest absolute Gasteiger partial charge is 0.294 e. The van der Waals surface area contributed by atoms with E-state index in [-0.39, 0.29) is 5.78 Å². The first-order valence-corrected chi connectivity index (χ1v) is 4.75. The van der Waals surface area contributed by atoms with Gasteiger partial charge in [0.15, 0.2) is 5.78 Å². The maximum Gasteiger partial charge on any atom is 0.164 e. The van der Waals surface area contributed by atoms with Gasteiger partial charge in [-0.2, -0.15) is 0 Å². The number of halogens is 1. The van der Waals surface area contributed by atoms with Crippen LogP contribution in [0, 0.1) is 19.3 Å². The summed E-state index contributed by atoms with van der Waals surface area (Å²) in [6.45, 7) is 1.89. The lowest BCUT2D eigenvalue weighted by Crippen LogP contribution is -2.00. The van der Waals surface area contributed by atoms with Crippen LogP contribution in [-0.2, 0) is 0 Å². The van der Waals surface area contributed by atoms with Crippen LogP contribution in [0.5, 0.6) is 0 Å². The molecule has 0 aliphatic rings. The Morgan fingerprint density at radius 3 is 2.93 bits per heavy atom. The van der Waals surface area contributed by atoms with Crippen molar-refractivity contribution < 1.29 is 4.79 Å². The average Bonchev–Trinajstić information content (AvgIpc) is 2.18. The molecule has 0 fully saturated rings. The van der Waals surface area contributed by atoms with Crippen LogP contribution >= 0.6 is 11.6 Å². The second kappa shape index (κ2) is 4.83. The van der Waals surface area contributed by atoms with Crippen LogP contribution in [0.4, 0.5) is 0 Å². The van der Waals surface area contributed by atoms with Crippen molar-refractivity contribution in [2.75, 3.05) is 0 Å². The quantitative estimate of drug-likeness (QED) is 0.548. The lowest BCUT2D eigenvalue weighted by Gasteiger charge is -2.03. The van der Waals surface area contributed by atoms with Crippen molar-refractivity contribution in [3.63, 3.8) is 0 Å². The van der Waals surface area contributed by atoms with Crippen molar-refractivity contribution in [2.24, 2.45) is 0 Å². The average molecular weight is 207 g/mol. The number of Topliss-reactive ketones (excluding diaryl/α,β-unsaturated/α-hetero) is 1. The summed E-state index contributed by atoms with van der Waals surface area (Å²) in [4.78, 5) is 11.6. The minimum atomic E-state index is 0.0583. The molecular formula is C12H11ClO. The van der Waals surface area contributed by atoms with E-state index < -0.39 is 0 Å². The number of aryl methyl sites for hydroxylation is 1. The molecule has 0 N–H and O–H groups in total. The van der Waals surface area contributed by atoms with Crippen LogP contribution in [0.25, 0.3) is 0 Å². The number of hydrogen-bond acceptors (Lipinski definition) is 1. The van der Waals surface area contributed by atoms with Gasteiger partial charge in [-0.15, -0.1) is 12.3 Å². The zero-order valence-electron chi connectivity index (χ0n) is 8.01. The number of ketones is 1. The summed E-state index contributed by atoms with van der Waals surface area (Å²) < 4.78 is 0. The van der Waals surface area contributed by atoms with E-state index in [2.05, 4.69) is 5.92 Å². The number of carbonyl (C=O) groups is 1. The predicted molar refractivity (Wildman–Crippen MR) is 58.6 cm³/mol. The highest BCUT2D eigenvalue weighted by Crippen LogP contribution is 2.17. The van der Waals surface area contributed by atoms with Crippen molar-refractivity contribution in [1.82, 2.24) is 0 Å². The second-order valence-electron chi connectivity index (χ2n) is 3.09. The minimum Gasteiger partial charge on any atom is -0.294 e. The Balaban J connectivity index is 2.90. The molecule has 0 amide bonds. The van der Waals surface area contributed by atoms with Crippen LogP contribution < -0.4 is 0 Å². The third-order valence-corrected chi connectivity index (χ3v) is 2.23. The lowest BCUT2D eigenvalue weighted by molar-refractivity contribution is 0.0984. The van der Waals surface area contributed by atoms with Crippen LogP contribution in [0.2, 0.25) is 5.02 Å². The van der Waals surface area contributed by atoms with E-state index in [1.165, 1.54) is 0 Å². The van der Waals surface area contributed by atoms with Gasteiger partial charge in [-0.1, -0.05) is 17.7 Å². The topological polar surface area (TPSA) is 17.1 Å². The van der Waals surface area contributed by atoms with Crippen molar-refractivity contribution in [3.05, 3.63) is 34.3 Å². The molecule has 1 aromatic rings. The summed E-state index contributed by atoms with van der Waals surface area (Å²) >= 11 is 5.80. The molecule has 1 rings (SSSR count). The van der Waals surface area contributed by atoms with E-state index in [1.54, 1.807) is 12.1 Å². The molecule has 0 spiro atoms. The fraction of sp³-hybridized carbons (Fsp3) is 0.250. The van der Waals surface area contributed by atoms with E-state index >= 15 is 0 Å². The van der Waals surface area contributed by atoms with Crippen LogP contribution in [0.15, 0.2) is 18.2 Å². The first-order valence-electron chi connectivity index (χ1n) is 4.38. The Bertz CT molecular complexity index is 388. The van der Waals surface area contributed by atoms with Gasteiger partial charge < -0.3 is 0 Å². The maximum atomic E-state index is 11.6. The van der Waals surface area contributed by atoms with Gasteiger partial charge in [0.2, 0.25) is 0 Å². The van der Waals surface area contributed by atoms with Gasteiger partial charge in [0.1, 0.15) is 0 Å². The molecule has 0 atom stereocenters. The Morgan fingerprint density at radius 1 is 1.57 bits per heavy atom. The Kier molecular flexibility index (Phi) is 3.73. The fourth-order valence-electron chi connectivity index (χ4n) is 1.22. The summed E-state index contributed by atoms with van der Waals surface area (Å²) in [6.07, 6.45) is 5.96. The molecule has 0 aliphatic heterocycles. The second-order valence-corrected chi connectivity index (χ2v) is 3.52. The van der Waals surface area contributed by atoms with E-state index in [1.807, 2.05) is 13.0 Å². The monoisotopic (exact) mass is 206 g/mol.